The number of nitriles is 1. The zero-order chi connectivity index (χ0) is 14.9. The van der Waals surface area contributed by atoms with Crippen molar-refractivity contribution in [3.8, 4) is 11.8 Å². The van der Waals surface area contributed by atoms with Crippen LogP contribution < -0.4 is 5.73 Å². The normalized spacial score (nSPS) is 10.2. The summed E-state index contributed by atoms with van der Waals surface area (Å²) in [6, 6.07) is 4.27. The number of rotatable bonds is 3. The standard InChI is InChI=1S/C10H7ClN6O2S/c1-20-10-14-9(13)16(15-10)7-3-2-6(17(18)19)5(4-12)8(7)11/h2-3H,1H3,(H2,13,14,15). The number of nitrogen functional groups attached to an aromatic ring is 1. The monoisotopic (exact) mass is 310 g/mol. The van der Waals surface area contributed by atoms with Crippen molar-refractivity contribution in [3.05, 3.63) is 32.8 Å². The van der Waals surface area contributed by atoms with E-state index in [-0.39, 0.29) is 27.9 Å². The lowest BCUT2D eigenvalue weighted by Crippen LogP contribution is -2.05. The van der Waals surface area contributed by atoms with Crippen molar-refractivity contribution in [1.82, 2.24) is 14.8 Å². The Hall–Kier alpha value is -2.31. The second-order valence-electron chi connectivity index (χ2n) is 3.53. The molecular formula is C10H7ClN6O2S. The first kappa shape index (κ1) is 14.1. The van der Waals surface area contributed by atoms with E-state index in [9.17, 15) is 10.1 Å². The van der Waals surface area contributed by atoms with E-state index in [1.165, 1.54) is 28.6 Å². The van der Waals surface area contributed by atoms with Crippen molar-refractivity contribution in [2.24, 2.45) is 0 Å². The largest absolute Gasteiger partial charge is 0.368 e. The van der Waals surface area contributed by atoms with Crippen LogP contribution in [0, 0.1) is 21.4 Å². The summed E-state index contributed by atoms with van der Waals surface area (Å²) in [6.07, 6.45) is 1.78. The van der Waals surface area contributed by atoms with Gasteiger partial charge in [-0.05, 0) is 12.3 Å². The van der Waals surface area contributed by atoms with Crippen LogP contribution in [0.25, 0.3) is 5.69 Å². The van der Waals surface area contributed by atoms with E-state index in [0.717, 1.165) is 0 Å². The Morgan fingerprint density at radius 1 is 1.60 bits per heavy atom. The lowest BCUT2D eigenvalue weighted by molar-refractivity contribution is -0.385. The lowest BCUT2D eigenvalue weighted by Gasteiger charge is -2.06. The molecule has 2 aromatic rings. The lowest BCUT2D eigenvalue weighted by atomic mass is 10.1. The van der Waals surface area contributed by atoms with Gasteiger partial charge in [-0.3, -0.25) is 10.1 Å². The molecule has 102 valence electrons. The number of hydrogen-bond acceptors (Lipinski definition) is 7. The summed E-state index contributed by atoms with van der Waals surface area (Å²) in [7, 11) is 0. The van der Waals surface area contributed by atoms with Gasteiger partial charge in [0.25, 0.3) is 5.69 Å². The number of nitro benzene ring substituents is 1. The van der Waals surface area contributed by atoms with Crippen LogP contribution >= 0.6 is 23.4 Å². The molecule has 1 aromatic carbocycles. The summed E-state index contributed by atoms with van der Waals surface area (Å²) in [6.45, 7) is 0. The third kappa shape index (κ3) is 2.26. The molecule has 0 spiro atoms. The fourth-order valence-electron chi connectivity index (χ4n) is 1.55. The fourth-order valence-corrected chi connectivity index (χ4v) is 2.18. The molecule has 0 aliphatic heterocycles. The summed E-state index contributed by atoms with van der Waals surface area (Å²) in [5.41, 5.74) is 5.36. The molecule has 0 saturated heterocycles. The summed E-state index contributed by atoms with van der Waals surface area (Å²) in [4.78, 5) is 14.1. The number of anilines is 1. The molecule has 1 heterocycles. The Morgan fingerprint density at radius 3 is 2.80 bits per heavy atom. The summed E-state index contributed by atoms with van der Waals surface area (Å²) < 4.78 is 1.23. The third-order valence-corrected chi connectivity index (χ3v) is 3.35. The molecule has 10 heteroatoms. The quantitative estimate of drug-likeness (QED) is 0.522. The molecule has 1 aromatic heterocycles. The Morgan fingerprint density at radius 2 is 2.30 bits per heavy atom. The first-order valence-electron chi connectivity index (χ1n) is 5.13. The first-order valence-corrected chi connectivity index (χ1v) is 6.73. The molecule has 0 unspecified atom stereocenters. The highest BCUT2D eigenvalue weighted by Crippen LogP contribution is 2.32. The van der Waals surface area contributed by atoms with Crippen LogP contribution in [0.5, 0.6) is 0 Å². The summed E-state index contributed by atoms with van der Waals surface area (Å²) in [5, 5.41) is 24.3. The molecule has 0 aliphatic rings. The molecule has 0 aliphatic carbocycles. The number of halogens is 1. The number of nitrogens with two attached hydrogens (primary N) is 1. The van der Waals surface area contributed by atoms with E-state index in [1.807, 2.05) is 0 Å². The SMILES string of the molecule is CSc1nc(N)n(-c2ccc([N+](=O)[O-])c(C#N)c2Cl)n1. The number of nitro groups is 1. The van der Waals surface area contributed by atoms with Gasteiger partial charge >= 0.3 is 0 Å². The van der Waals surface area contributed by atoms with Crippen LogP contribution in [-0.4, -0.2) is 25.9 Å². The van der Waals surface area contributed by atoms with Crippen molar-refractivity contribution in [3.63, 3.8) is 0 Å². The molecule has 20 heavy (non-hydrogen) atoms. The average molecular weight is 311 g/mol. The molecular weight excluding hydrogens is 304 g/mol. The van der Waals surface area contributed by atoms with Crippen molar-refractivity contribution in [2.45, 2.75) is 5.16 Å². The van der Waals surface area contributed by atoms with Crippen LogP contribution in [0.15, 0.2) is 17.3 Å². The van der Waals surface area contributed by atoms with E-state index < -0.39 is 4.92 Å². The van der Waals surface area contributed by atoms with Gasteiger partial charge in [-0.2, -0.15) is 14.9 Å². The zero-order valence-electron chi connectivity index (χ0n) is 10.1. The third-order valence-electron chi connectivity index (χ3n) is 2.43. The number of aromatic nitrogens is 3. The maximum atomic E-state index is 10.8. The van der Waals surface area contributed by atoms with Crippen molar-refractivity contribution < 1.29 is 4.92 Å². The highest BCUT2D eigenvalue weighted by molar-refractivity contribution is 7.98. The topological polar surface area (TPSA) is 124 Å². The summed E-state index contributed by atoms with van der Waals surface area (Å²) >= 11 is 7.32. The molecule has 0 fully saturated rings. The van der Waals surface area contributed by atoms with Crippen LogP contribution in [0.2, 0.25) is 5.02 Å². The Kier molecular flexibility index (Phi) is 3.78. The van der Waals surface area contributed by atoms with Gasteiger partial charge in [-0.15, -0.1) is 5.10 Å². The Labute approximate surface area is 122 Å². The van der Waals surface area contributed by atoms with Crippen molar-refractivity contribution >= 4 is 35.0 Å². The Balaban J connectivity index is 2.67. The smallest absolute Gasteiger partial charge is 0.288 e. The van der Waals surface area contributed by atoms with E-state index in [2.05, 4.69) is 10.1 Å². The average Bonchev–Trinajstić information content (AvgIpc) is 2.79. The van der Waals surface area contributed by atoms with Crippen LogP contribution in [0.1, 0.15) is 5.56 Å². The predicted molar refractivity (Wildman–Crippen MR) is 73.9 cm³/mol. The van der Waals surface area contributed by atoms with E-state index in [4.69, 9.17) is 22.6 Å². The van der Waals surface area contributed by atoms with Gasteiger partial charge in [-0.1, -0.05) is 23.4 Å². The highest BCUT2D eigenvalue weighted by Gasteiger charge is 2.22. The molecule has 0 atom stereocenters. The number of benzene rings is 1. The molecule has 0 saturated carbocycles. The Bertz CT molecular complexity index is 738. The molecule has 2 rings (SSSR count). The first-order chi connectivity index (χ1) is 9.49. The van der Waals surface area contributed by atoms with E-state index >= 15 is 0 Å². The maximum absolute atomic E-state index is 10.8. The molecule has 0 radical (unpaired) electrons. The molecule has 0 amide bonds. The van der Waals surface area contributed by atoms with E-state index in [0.29, 0.717) is 5.16 Å². The number of thioether (sulfide) groups is 1. The second kappa shape index (κ2) is 5.36. The second-order valence-corrected chi connectivity index (χ2v) is 4.68. The molecule has 2 N–H and O–H groups in total. The minimum Gasteiger partial charge on any atom is -0.368 e. The molecule has 0 bridgehead atoms. The van der Waals surface area contributed by atoms with Crippen LogP contribution in [0.3, 0.4) is 0 Å². The number of nitrogens with zero attached hydrogens (tertiary/aromatic N) is 5. The van der Waals surface area contributed by atoms with Crippen molar-refractivity contribution in [2.75, 3.05) is 12.0 Å². The molecule has 8 nitrogen and oxygen atoms in total. The number of hydrogen-bond donors (Lipinski definition) is 1. The van der Waals surface area contributed by atoms with Crippen LogP contribution in [0.4, 0.5) is 11.6 Å². The van der Waals surface area contributed by atoms with Gasteiger partial charge in [0.05, 0.1) is 15.6 Å². The minimum atomic E-state index is -0.674. The van der Waals surface area contributed by atoms with Gasteiger partial charge in [0.2, 0.25) is 11.1 Å². The van der Waals surface area contributed by atoms with Gasteiger partial charge in [0, 0.05) is 6.07 Å². The minimum absolute atomic E-state index is 0.0778. The maximum Gasteiger partial charge on any atom is 0.288 e. The summed E-state index contributed by atoms with van der Waals surface area (Å²) in [5.74, 6) is 0.0778. The zero-order valence-corrected chi connectivity index (χ0v) is 11.6. The highest BCUT2D eigenvalue weighted by atomic mass is 35.5. The van der Waals surface area contributed by atoms with Crippen LogP contribution in [-0.2, 0) is 0 Å². The predicted octanol–water partition coefficient (Wildman–Crippen LogP) is 2.00. The van der Waals surface area contributed by atoms with E-state index in [1.54, 1.807) is 12.3 Å². The fraction of sp³-hybridized carbons (Fsp3) is 0.100. The van der Waals surface area contributed by atoms with Gasteiger partial charge in [0.15, 0.2) is 5.56 Å². The van der Waals surface area contributed by atoms with Gasteiger partial charge < -0.3 is 5.73 Å². The van der Waals surface area contributed by atoms with Gasteiger partial charge in [-0.25, -0.2) is 0 Å². The van der Waals surface area contributed by atoms with Gasteiger partial charge in [0.1, 0.15) is 6.07 Å². The van der Waals surface area contributed by atoms with Crippen molar-refractivity contribution in [1.29, 1.82) is 5.26 Å².